The van der Waals surface area contributed by atoms with E-state index in [0.717, 1.165) is 17.1 Å². The Labute approximate surface area is 145 Å². The lowest BCUT2D eigenvalue weighted by atomic mass is 10.2. The molecule has 1 heterocycles. The third-order valence-electron chi connectivity index (χ3n) is 3.43. The Hall–Kier alpha value is -2.73. The molecule has 2 N–H and O–H groups in total. The molecule has 0 saturated heterocycles. The molecule has 0 aliphatic carbocycles. The minimum absolute atomic E-state index is 0.585. The highest BCUT2D eigenvalue weighted by molar-refractivity contribution is 7.99. The molecule has 0 fully saturated rings. The van der Waals surface area contributed by atoms with Crippen molar-refractivity contribution in [2.45, 2.75) is 5.16 Å². The molecule has 3 aromatic rings. The monoisotopic (exact) mass is 338 g/mol. The summed E-state index contributed by atoms with van der Waals surface area (Å²) in [5.41, 5.74) is 1.99. The van der Waals surface area contributed by atoms with Gasteiger partial charge in [0.2, 0.25) is 5.16 Å². The molecular weight excluding hydrogens is 320 g/mol. The number of nitrogens with zero attached hydrogens (tertiary/aromatic N) is 3. The zero-order valence-corrected chi connectivity index (χ0v) is 14.1. The van der Waals surface area contributed by atoms with Gasteiger partial charge in [-0.15, -0.1) is 10.2 Å². The number of ether oxygens (including phenoxy) is 1. The number of hydrogen-bond acceptors (Lipinski definition) is 5. The molecule has 5 nitrogen and oxygen atoms in total. The van der Waals surface area contributed by atoms with Gasteiger partial charge in [-0.05, 0) is 17.7 Å². The van der Waals surface area contributed by atoms with Crippen molar-refractivity contribution in [1.29, 1.82) is 0 Å². The Balaban J connectivity index is 1.70. The number of hydrogen-bond donors (Lipinski definition) is 1. The summed E-state index contributed by atoms with van der Waals surface area (Å²) in [6, 6.07) is 17.8. The second-order valence-corrected chi connectivity index (χ2v) is 5.99. The first-order chi connectivity index (χ1) is 11.8. The maximum atomic E-state index is 6.14. The molecule has 0 unspecified atom stereocenters. The average Bonchev–Trinajstić information content (AvgIpc) is 3.00. The SMILES string of the molecule is COc1ccccc1-c1nnc(SCC=Cc2ccccc2)n1N. The van der Waals surface area contributed by atoms with Crippen LogP contribution in [0.2, 0.25) is 0 Å². The molecule has 0 aliphatic heterocycles. The van der Waals surface area contributed by atoms with Gasteiger partial charge in [0.15, 0.2) is 5.82 Å². The minimum atomic E-state index is 0.585. The summed E-state index contributed by atoms with van der Waals surface area (Å²) < 4.78 is 6.86. The van der Waals surface area contributed by atoms with Gasteiger partial charge < -0.3 is 10.6 Å². The number of para-hydroxylation sites is 1. The molecule has 0 spiro atoms. The number of methoxy groups -OCH3 is 1. The van der Waals surface area contributed by atoms with Gasteiger partial charge in [-0.1, -0.05) is 66.4 Å². The molecule has 0 atom stereocenters. The van der Waals surface area contributed by atoms with Gasteiger partial charge in [0, 0.05) is 5.75 Å². The molecule has 24 heavy (non-hydrogen) atoms. The largest absolute Gasteiger partial charge is 0.496 e. The summed E-state index contributed by atoms with van der Waals surface area (Å²) in [5.74, 6) is 8.21. The second-order valence-electron chi connectivity index (χ2n) is 5.00. The van der Waals surface area contributed by atoms with Crippen LogP contribution < -0.4 is 10.6 Å². The maximum Gasteiger partial charge on any atom is 0.210 e. The molecule has 1 aromatic heterocycles. The topological polar surface area (TPSA) is 66.0 Å². The van der Waals surface area contributed by atoms with Crippen LogP contribution in [0.3, 0.4) is 0 Å². The lowest BCUT2D eigenvalue weighted by molar-refractivity contribution is 0.416. The van der Waals surface area contributed by atoms with Crippen molar-refractivity contribution in [2.24, 2.45) is 0 Å². The highest BCUT2D eigenvalue weighted by Gasteiger charge is 2.15. The molecule has 0 bridgehead atoms. The molecule has 0 saturated carbocycles. The van der Waals surface area contributed by atoms with Crippen molar-refractivity contribution in [3.05, 3.63) is 66.2 Å². The van der Waals surface area contributed by atoms with E-state index >= 15 is 0 Å². The smallest absolute Gasteiger partial charge is 0.210 e. The lowest BCUT2D eigenvalue weighted by Gasteiger charge is -2.07. The lowest BCUT2D eigenvalue weighted by Crippen LogP contribution is -2.11. The number of nitrogen functional groups attached to an aromatic ring is 1. The molecular formula is C18H18N4OS. The van der Waals surface area contributed by atoms with Crippen LogP contribution in [0.1, 0.15) is 5.56 Å². The Morgan fingerprint density at radius 3 is 2.62 bits per heavy atom. The maximum absolute atomic E-state index is 6.14. The highest BCUT2D eigenvalue weighted by atomic mass is 32.2. The van der Waals surface area contributed by atoms with Crippen molar-refractivity contribution in [2.75, 3.05) is 18.7 Å². The molecule has 6 heteroatoms. The zero-order valence-electron chi connectivity index (χ0n) is 13.3. The van der Waals surface area contributed by atoms with Crippen molar-refractivity contribution in [1.82, 2.24) is 14.9 Å². The summed E-state index contributed by atoms with van der Waals surface area (Å²) in [6.45, 7) is 0. The van der Waals surface area contributed by atoms with E-state index in [2.05, 4.69) is 34.5 Å². The minimum Gasteiger partial charge on any atom is -0.496 e. The van der Waals surface area contributed by atoms with E-state index in [1.807, 2.05) is 42.5 Å². The quantitative estimate of drug-likeness (QED) is 0.551. The Morgan fingerprint density at radius 2 is 1.83 bits per heavy atom. The van der Waals surface area contributed by atoms with Gasteiger partial charge in [-0.2, -0.15) is 0 Å². The third kappa shape index (κ3) is 3.60. The third-order valence-corrected chi connectivity index (χ3v) is 4.33. The average molecular weight is 338 g/mol. The summed E-state index contributed by atoms with van der Waals surface area (Å²) in [6.07, 6.45) is 4.16. The van der Waals surface area contributed by atoms with E-state index in [0.29, 0.717) is 11.0 Å². The van der Waals surface area contributed by atoms with Crippen LogP contribution in [0, 0.1) is 0 Å². The van der Waals surface area contributed by atoms with Crippen LogP contribution in [0.15, 0.2) is 65.8 Å². The van der Waals surface area contributed by atoms with E-state index in [1.54, 1.807) is 7.11 Å². The fraction of sp³-hybridized carbons (Fsp3) is 0.111. The molecule has 3 rings (SSSR count). The number of rotatable bonds is 6. The zero-order chi connectivity index (χ0) is 16.8. The standard InChI is InChI=1S/C18H18N4OS/c1-23-16-12-6-5-11-15(16)17-20-21-18(22(17)19)24-13-7-10-14-8-3-2-4-9-14/h2-12H,13,19H2,1H3. The summed E-state index contributed by atoms with van der Waals surface area (Å²) in [4.78, 5) is 0. The first-order valence-electron chi connectivity index (χ1n) is 7.48. The first-order valence-corrected chi connectivity index (χ1v) is 8.46. The molecule has 122 valence electrons. The number of aromatic nitrogens is 3. The predicted molar refractivity (Wildman–Crippen MR) is 98.4 cm³/mol. The van der Waals surface area contributed by atoms with Gasteiger partial charge in [0.05, 0.1) is 12.7 Å². The summed E-state index contributed by atoms with van der Waals surface area (Å²) in [5, 5.41) is 9.03. The van der Waals surface area contributed by atoms with Crippen LogP contribution in [-0.4, -0.2) is 27.7 Å². The van der Waals surface area contributed by atoms with E-state index in [-0.39, 0.29) is 0 Å². The van der Waals surface area contributed by atoms with Gasteiger partial charge >= 0.3 is 0 Å². The fourth-order valence-electron chi connectivity index (χ4n) is 2.26. The number of thioether (sulfide) groups is 1. The van der Waals surface area contributed by atoms with E-state index in [1.165, 1.54) is 22.0 Å². The Kier molecular flexibility index (Phi) is 5.18. The van der Waals surface area contributed by atoms with E-state index in [4.69, 9.17) is 10.6 Å². The molecule has 0 amide bonds. The molecule has 0 radical (unpaired) electrons. The van der Waals surface area contributed by atoms with Gasteiger partial charge in [0.25, 0.3) is 0 Å². The van der Waals surface area contributed by atoms with Crippen LogP contribution in [0.5, 0.6) is 5.75 Å². The van der Waals surface area contributed by atoms with Crippen LogP contribution in [0.25, 0.3) is 17.5 Å². The van der Waals surface area contributed by atoms with Crippen LogP contribution >= 0.6 is 11.8 Å². The summed E-state index contributed by atoms with van der Waals surface area (Å²) in [7, 11) is 1.63. The van der Waals surface area contributed by atoms with Crippen molar-refractivity contribution in [3.8, 4) is 17.1 Å². The Bertz CT molecular complexity index is 830. The fourth-order valence-corrected chi connectivity index (χ4v) is 2.93. The second kappa shape index (κ2) is 7.70. The van der Waals surface area contributed by atoms with Gasteiger partial charge in [-0.3, -0.25) is 0 Å². The molecule has 2 aromatic carbocycles. The van der Waals surface area contributed by atoms with Crippen molar-refractivity contribution in [3.63, 3.8) is 0 Å². The predicted octanol–water partition coefficient (Wildman–Crippen LogP) is 3.47. The van der Waals surface area contributed by atoms with Crippen LogP contribution in [0.4, 0.5) is 0 Å². The number of benzene rings is 2. The number of nitrogens with two attached hydrogens (primary N) is 1. The summed E-state index contributed by atoms with van der Waals surface area (Å²) >= 11 is 1.53. The molecule has 0 aliphatic rings. The van der Waals surface area contributed by atoms with Crippen molar-refractivity contribution >= 4 is 17.8 Å². The van der Waals surface area contributed by atoms with E-state index < -0.39 is 0 Å². The van der Waals surface area contributed by atoms with Gasteiger partial charge in [0.1, 0.15) is 5.75 Å². The van der Waals surface area contributed by atoms with Crippen LogP contribution in [-0.2, 0) is 0 Å². The van der Waals surface area contributed by atoms with E-state index in [9.17, 15) is 0 Å². The normalized spacial score (nSPS) is 11.0. The van der Waals surface area contributed by atoms with Crippen molar-refractivity contribution < 1.29 is 4.74 Å². The first kappa shape index (κ1) is 16.1. The Morgan fingerprint density at radius 1 is 1.08 bits per heavy atom. The van der Waals surface area contributed by atoms with Gasteiger partial charge in [-0.25, -0.2) is 4.68 Å². The highest BCUT2D eigenvalue weighted by Crippen LogP contribution is 2.29.